The fraction of sp³-hybridized carbons (Fsp3) is 0.308. The van der Waals surface area contributed by atoms with E-state index >= 15 is 0 Å². The zero-order valence-corrected chi connectivity index (χ0v) is 12.9. The van der Waals surface area contributed by atoms with Crippen molar-refractivity contribution in [2.75, 3.05) is 14.2 Å². The predicted octanol–water partition coefficient (Wildman–Crippen LogP) is 3.53. The van der Waals surface area contributed by atoms with Crippen LogP contribution in [0.2, 0.25) is 0 Å². The van der Waals surface area contributed by atoms with Crippen LogP contribution in [0, 0.1) is 6.92 Å². The number of nitrogens with one attached hydrogen (secondary N) is 1. The number of rotatable bonds is 4. The third kappa shape index (κ3) is 2.74. The molecular formula is C13H15BrN2OS. The highest BCUT2D eigenvalue weighted by atomic mass is 79.9. The molecule has 5 heteroatoms. The number of nitrogens with zero attached hydrogens (tertiary/aromatic N) is 1. The van der Waals surface area contributed by atoms with Gasteiger partial charge in [0.05, 0.1) is 13.2 Å². The lowest BCUT2D eigenvalue weighted by molar-refractivity contribution is 0.405. The maximum Gasteiger partial charge on any atom is 0.124 e. The number of halogens is 1. The number of hydrogen-bond donors (Lipinski definition) is 1. The lowest BCUT2D eigenvalue weighted by Crippen LogP contribution is -2.18. The second kappa shape index (κ2) is 5.82. The van der Waals surface area contributed by atoms with Crippen LogP contribution in [0.1, 0.15) is 22.3 Å². The van der Waals surface area contributed by atoms with Crippen LogP contribution in [-0.4, -0.2) is 19.1 Å². The summed E-state index contributed by atoms with van der Waals surface area (Å²) in [5, 5.41) is 6.40. The Kier molecular flexibility index (Phi) is 4.37. The minimum atomic E-state index is 0.0520. The smallest absolute Gasteiger partial charge is 0.124 e. The summed E-state index contributed by atoms with van der Waals surface area (Å²) >= 11 is 5.16. The molecule has 0 aliphatic carbocycles. The van der Waals surface area contributed by atoms with Gasteiger partial charge in [0, 0.05) is 21.1 Å². The third-order valence-electron chi connectivity index (χ3n) is 2.68. The van der Waals surface area contributed by atoms with Crippen LogP contribution >= 0.6 is 27.3 Å². The summed E-state index contributed by atoms with van der Waals surface area (Å²) < 4.78 is 6.46. The van der Waals surface area contributed by atoms with E-state index in [4.69, 9.17) is 4.74 Å². The predicted molar refractivity (Wildman–Crippen MR) is 78.4 cm³/mol. The van der Waals surface area contributed by atoms with Crippen LogP contribution in [0.3, 0.4) is 0 Å². The summed E-state index contributed by atoms with van der Waals surface area (Å²) in [6.07, 6.45) is 0. The number of ether oxygens (including phenoxy) is 1. The summed E-state index contributed by atoms with van der Waals surface area (Å²) in [6, 6.07) is 6.06. The van der Waals surface area contributed by atoms with Crippen LogP contribution in [0.15, 0.2) is 28.1 Å². The molecule has 2 aromatic rings. The molecule has 2 rings (SSSR count). The molecule has 1 unspecified atom stereocenters. The highest BCUT2D eigenvalue weighted by molar-refractivity contribution is 9.10. The molecule has 1 aromatic carbocycles. The lowest BCUT2D eigenvalue weighted by atomic mass is 10.1. The molecule has 1 aromatic heterocycles. The Morgan fingerprint density at radius 3 is 2.78 bits per heavy atom. The monoisotopic (exact) mass is 326 g/mol. The van der Waals surface area contributed by atoms with E-state index in [0.717, 1.165) is 26.5 Å². The van der Waals surface area contributed by atoms with Crippen LogP contribution < -0.4 is 10.1 Å². The van der Waals surface area contributed by atoms with E-state index in [-0.39, 0.29) is 6.04 Å². The van der Waals surface area contributed by atoms with Crippen LogP contribution in [0.5, 0.6) is 5.75 Å². The molecule has 0 bridgehead atoms. The molecule has 0 spiro atoms. The largest absolute Gasteiger partial charge is 0.496 e. The first kappa shape index (κ1) is 13.5. The van der Waals surface area contributed by atoms with Crippen molar-refractivity contribution in [2.24, 2.45) is 0 Å². The maximum absolute atomic E-state index is 5.43. The Labute approximate surface area is 119 Å². The number of methoxy groups -OCH3 is 1. The van der Waals surface area contributed by atoms with Crippen molar-refractivity contribution in [2.45, 2.75) is 13.0 Å². The van der Waals surface area contributed by atoms with Crippen LogP contribution in [0.25, 0.3) is 0 Å². The summed E-state index contributed by atoms with van der Waals surface area (Å²) in [5.41, 5.74) is 2.13. The molecule has 1 atom stereocenters. The van der Waals surface area contributed by atoms with Crippen molar-refractivity contribution in [3.63, 3.8) is 0 Å². The van der Waals surface area contributed by atoms with Gasteiger partial charge < -0.3 is 10.1 Å². The summed E-state index contributed by atoms with van der Waals surface area (Å²) in [4.78, 5) is 4.55. The number of hydrogen-bond acceptors (Lipinski definition) is 4. The Bertz CT molecular complexity index is 542. The van der Waals surface area contributed by atoms with Crippen molar-refractivity contribution in [1.82, 2.24) is 10.3 Å². The van der Waals surface area contributed by atoms with Gasteiger partial charge in [-0.2, -0.15) is 0 Å². The third-order valence-corrected chi connectivity index (χ3v) is 4.20. The zero-order chi connectivity index (χ0) is 13.1. The van der Waals surface area contributed by atoms with E-state index in [1.54, 1.807) is 18.4 Å². The fourth-order valence-corrected chi connectivity index (χ4v) is 3.15. The van der Waals surface area contributed by atoms with Gasteiger partial charge in [0.15, 0.2) is 0 Å². The number of thiazole rings is 1. The highest BCUT2D eigenvalue weighted by Gasteiger charge is 2.19. The molecule has 1 N–H and O–H groups in total. The summed E-state index contributed by atoms with van der Waals surface area (Å²) in [7, 11) is 3.62. The summed E-state index contributed by atoms with van der Waals surface area (Å²) in [6.45, 7) is 2.00. The lowest BCUT2D eigenvalue weighted by Gasteiger charge is -2.17. The fourth-order valence-electron chi connectivity index (χ4n) is 1.85. The number of aryl methyl sites for hydroxylation is 1. The quantitative estimate of drug-likeness (QED) is 0.933. The molecule has 1 heterocycles. The molecule has 0 fully saturated rings. The number of benzene rings is 1. The first-order chi connectivity index (χ1) is 8.65. The van der Waals surface area contributed by atoms with Gasteiger partial charge >= 0.3 is 0 Å². The number of aromatic nitrogens is 1. The van der Waals surface area contributed by atoms with E-state index in [1.807, 2.05) is 26.1 Å². The highest BCUT2D eigenvalue weighted by Crippen LogP contribution is 2.33. The molecule has 0 aliphatic heterocycles. The zero-order valence-electron chi connectivity index (χ0n) is 10.5. The van der Waals surface area contributed by atoms with E-state index in [1.165, 1.54) is 0 Å². The molecule has 0 aliphatic rings. The summed E-state index contributed by atoms with van der Waals surface area (Å²) in [5.74, 6) is 0.866. The average molecular weight is 327 g/mol. The Morgan fingerprint density at radius 2 is 2.22 bits per heavy atom. The van der Waals surface area contributed by atoms with Gasteiger partial charge in [0.25, 0.3) is 0 Å². The van der Waals surface area contributed by atoms with Crippen molar-refractivity contribution in [1.29, 1.82) is 0 Å². The minimum Gasteiger partial charge on any atom is -0.496 e. The molecule has 0 radical (unpaired) electrons. The van der Waals surface area contributed by atoms with Gasteiger partial charge in [0.1, 0.15) is 10.8 Å². The second-order valence-corrected chi connectivity index (χ2v) is 5.74. The van der Waals surface area contributed by atoms with E-state index < -0.39 is 0 Å². The minimum absolute atomic E-state index is 0.0520. The normalized spacial score (nSPS) is 12.4. The van der Waals surface area contributed by atoms with Crippen molar-refractivity contribution < 1.29 is 4.74 Å². The maximum atomic E-state index is 5.43. The van der Waals surface area contributed by atoms with E-state index in [0.29, 0.717) is 0 Å². The standard InChI is InChI=1S/C13H15BrN2OS/c1-8-7-18-13(16-8)12(15-2)10-6-9(14)4-5-11(10)17-3/h4-7,12,15H,1-3H3. The van der Waals surface area contributed by atoms with Gasteiger partial charge in [0.2, 0.25) is 0 Å². The van der Waals surface area contributed by atoms with Gasteiger partial charge in [-0.3, -0.25) is 0 Å². The van der Waals surface area contributed by atoms with Crippen molar-refractivity contribution in [3.05, 3.63) is 44.3 Å². The molecule has 0 amide bonds. The first-order valence-corrected chi connectivity index (χ1v) is 7.25. The molecule has 0 saturated heterocycles. The molecule has 96 valence electrons. The van der Waals surface area contributed by atoms with Crippen molar-refractivity contribution >= 4 is 27.3 Å². The Hall–Kier alpha value is -0.910. The van der Waals surface area contributed by atoms with Gasteiger partial charge in [-0.1, -0.05) is 15.9 Å². The molecular weight excluding hydrogens is 312 g/mol. The molecule has 0 saturated carbocycles. The topological polar surface area (TPSA) is 34.2 Å². The van der Waals surface area contributed by atoms with Crippen LogP contribution in [0.4, 0.5) is 0 Å². The first-order valence-electron chi connectivity index (χ1n) is 5.58. The van der Waals surface area contributed by atoms with Gasteiger partial charge in [-0.15, -0.1) is 11.3 Å². The Morgan fingerprint density at radius 1 is 1.44 bits per heavy atom. The van der Waals surface area contributed by atoms with Gasteiger partial charge in [-0.05, 0) is 32.2 Å². The Balaban J connectivity index is 2.47. The van der Waals surface area contributed by atoms with E-state index in [9.17, 15) is 0 Å². The van der Waals surface area contributed by atoms with Gasteiger partial charge in [-0.25, -0.2) is 4.98 Å². The van der Waals surface area contributed by atoms with Crippen molar-refractivity contribution in [3.8, 4) is 5.75 Å². The average Bonchev–Trinajstić information content (AvgIpc) is 2.77. The molecule has 18 heavy (non-hydrogen) atoms. The van der Waals surface area contributed by atoms with Crippen LogP contribution in [-0.2, 0) is 0 Å². The second-order valence-electron chi connectivity index (χ2n) is 3.94. The van der Waals surface area contributed by atoms with E-state index in [2.05, 4.69) is 37.7 Å². The SMILES string of the molecule is CNC(c1nc(C)cs1)c1cc(Br)ccc1OC. The molecule has 3 nitrogen and oxygen atoms in total.